The van der Waals surface area contributed by atoms with Crippen LogP contribution in [0.4, 0.5) is 0 Å². The summed E-state index contributed by atoms with van der Waals surface area (Å²) >= 11 is 6.53. The number of carbonyl (C=O) groups excluding carboxylic acids is 3. The number of carbonyl (C=O) groups is 3. The molecule has 0 saturated carbocycles. The van der Waals surface area contributed by atoms with Crippen LogP contribution < -0.4 is 0 Å². The maximum absolute atomic E-state index is 13.9. The summed E-state index contributed by atoms with van der Waals surface area (Å²) in [5, 5.41) is 0.378. The summed E-state index contributed by atoms with van der Waals surface area (Å²) in [6.45, 7) is 2.36. The summed E-state index contributed by atoms with van der Waals surface area (Å²) in [5.41, 5.74) is 0.239. The minimum Gasteiger partial charge on any atom is -0.383 e. The van der Waals surface area contributed by atoms with Gasteiger partial charge < -0.3 is 14.5 Å². The fourth-order valence-corrected chi connectivity index (χ4v) is 5.36. The van der Waals surface area contributed by atoms with Gasteiger partial charge in [-0.2, -0.15) is 0 Å². The van der Waals surface area contributed by atoms with Gasteiger partial charge in [0.25, 0.3) is 0 Å². The predicted octanol–water partition coefficient (Wildman–Crippen LogP) is 2.89. The highest BCUT2D eigenvalue weighted by molar-refractivity contribution is 6.32. The lowest BCUT2D eigenvalue weighted by atomic mass is 9.75. The van der Waals surface area contributed by atoms with Gasteiger partial charge in [0.05, 0.1) is 24.6 Å². The molecule has 0 radical (unpaired) electrons. The molecule has 0 aliphatic carbocycles. The molecule has 3 amide bonds. The Morgan fingerprint density at radius 2 is 1.79 bits per heavy atom. The molecule has 8 heteroatoms. The number of ether oxygens (including phenoxy) is 1. The fourth-order valence-electron chi connectivity index (χ4n) is 5.04. The number of hydrogen-bond donors (Lipinski definition) is 0. The molecule has 0 bridgehead atoms. The molecule has 0 aromatic heterocycles. The maximum Gasteiger partial charge on any atom is 0.241 e. The van der Waals surface area contributed by atoms with Crippen LogP contribution in [0, 0.1) is 0 Å². The molecule has 2 heterocycles. The van der Waals surface area contributed by atoms with Crippen molar-refractivity contribution in [3.05, 3.63) is 70.7 Å². The molecule has 2 aromatic rings. The van der Waals surface area contributed by atoms with Gasteiger partial charge >= 0.3 is 0 Å². The van der Waals surface area contributed by atoms with Gasteiger partial charge in [0.15, 0.2) is 0 Å². The molecule has 0 unspecified atom stereocenters. The van der Waals surface area contributed by atoms with Gasteiger partial charge in [-0.15, -0.1) is 0 Å². The molecule has 34 heavy (non-hydrogen) atoms. The molecule has 180 valence electrons. The van der Waals surface area contributed by atoms with Crippen molar-refractivity contribution in [2.24, 2.45) is 0 Å². The van der Waals surface area contributed by atoms with Gasteiger partial charge in [-0.3, -0.25) is 19.3 Å². The first kappa shape index (κ1) is 24.4. The molecule has 2 aliphatic rings. The molecular formula is C26H30ClN3O4. The standard InChI is InChI=1S/C26H30ClN3O4/c1-28-12-13-29(22(18-28)19-8-4-3-5-9-19)23(31)16-26(20-10-6-7-11-21(20)27)17-24(32)30(25(26)33)14-15-34-2/h3-11,22H,12-18H2,1-2H3/t22-,26-/m1/s1. The molecule has 2 saturated heterocycles. The summed E-state index contributed by atoms with van der Waals surface area (Å²) in [6.07, 6.45) is -0.202. The van der Waals surface area contributed by atoms with E-state index < -0.39 is 5.41 Å². The summed E-state index contributed by atoms with van der Waals surface area (Å²) < 4.78 is 5.10. The maximum atomic E-state index is 13.9. The van der Waals surface area contributed by atoms with Gasteiger partial charge in [0.2, 0.25) is 17.7 Å². The third-order valence-corrected chi connectivity index (χ3v) is 7.19. The highest BCUT2D eigenvalue weighted by atomic mass is 35.5. The molecule has 4 rings (SSSR count). The van der Waals surface area contributed by atoms with E-state index in [0.29, 0.717) is 23.7 Å². The molecule has 0 N–H and O–H groups in total. The van der Waals surface area contributed by atoms with E-state index in [1.165, 1.54) is 12.0 Å². The first-order valence-corrected chi connectivity index (χ1v) is 11.9. The molecule has 2 atom stereocenters. The normalized spacial score (nSPS) is 23.6. The second-order valence-corrected chi connectivity index (χ2v) is 9.44. The topological polar surface area (TPSA) is 70.2 Å². The van der Waals surface area contributed by atoms with Gasteiger partial charge in [-0.25, -0.2) is 0 Å². The molecule has 7 nitrogen and oxygen atoms in total. The highest BCUT2D eigenvalue weighted by Gasteiger charge is 2.55. The lowest BCUT2D eigenvalue weighted by molar-refractivity contribution is -0.144. The lowest BCUT2D eigenvalue weighted by Crippen LogP contribution is -2.51. The van der Waals surface area contributed by atoms with Crippen LogP contribution in [0.1, 0.15) is 30.0 Å². The van der Waals surface area contributed by atoms with Crippen LogP contribution in [0.3, 0.4) is 0 Å². The first-order valence-electron chi connectivity index (χ1n) is 11.5. The van der Waals surface area contributed by atoms with Gasteiger partial charge in [0.1, 0.15) is 0 Å². The Hall–Kier alpha value is -2.74. The number of halogens is 1. The number of likely N-dealkylation sites (N-methyl/N-ethyl adjacent to an activating group) is 1. The van der Waals surface area contributed by atoms with Gasteiger partial charge in [-0.05, 0) is 24.2 Å². The average Bonchev–Trinajstić information content (AvgIpc) is 3.07. The quantitative estimate of drug-likeness (QED) is 0.566. The number of rotatable bonds is 7. The number of hydrogen-bond acceptors (Lipinski definition) is 5. The zero-order valence-corrected chi connectivity index (χ0v) is 20.3. The second kappa shape index (κ2) is 10.3. The largest absolute Gasteiger partial charge is 0.383 e. The Morgan fingerprint density at radius 3 is 2.50 bits per heavy atom. The minimum atomic E-state index is -1.33. The monoisotopic (exact) mass is 483 g/mol. The lowest BCUT2D eigenvalue weighted by Gasteiger charge is -2.41. The Labute approximate surface area is 205 Å². The van der Waals surface area contributed by atoms with Crippen molar-refractivity contribution in [2.75, 3.05) is 46.9 Å². The van der Waals surface area contributed by atoms with Crippen molar-refractivity contribution in [1.29, 1.82) is 0 Å². The Morgan fingerprint density at radius 1 is 1.09 bits per heavy atom. The zero-order valence-electron chi connectivity index (χ0n) is 19.6. The van der Waals surface area contributed by atoms with E-state index in [9.17, 15) is 14.4 Å². The Balaban J connectivity index is 1.69. The van der Waals surface area contributed by atoms with Crippen molar-refractivity contribution in [3.63, 3.8) is 0 Å². The number of methoxy groups -OCH3 is 1. The van der Waals surface area contributed by atoms with Crippen molar-refractivity contribution in [3.8, 4) is 0 Å². The molecule has 2 fully saturated rings. The van der Waals surface area contributed by atoms with Crippen molar-refractivity contribution < 1.29 is 19.1 Å². The van der Waals surface area contributed by atoms with Gasteiger partial charge in [-0.1, -0.05) is 60.1 Å². The van der Waals surface area contributed by atoms with Crippen LogP contribution >= 0.6 is 11.6 Å². The first-order chi connectivity index (χ1) is 16.4. The average molecular weight is 484 g/mol. The highest BCUT2D eigenvalue weighted by Crippen LogP contribution is 2.43. The Kier molecular flexibility index (Phi) is 7.36. The van der Waals surface area contributed by atoms with Crippen LogP contribution in [-0.4, -0.2) is 79.4 Å². The SMILES string of the molecule is COCCN1C(=O)C[C@](CC(=O)N2CCN(C)C[C@@H]2c2ccccc2)(c2ccccc2Cl)C1=O. The molecular weight excluding hydrogens is 454 g/mol. The van der Waals surface area contributed by atoms with Crippen LogP contribution in [-0.2, 0) is 24.5 Å². The van der Waals surface area contributed by atoms with Crippen LogP contribution in [0.2, 0.25) is 5.02 Å². The van der Waals surface area contributed by atoms with E-state index in [0.717, 1.165) is 12.1 Å². The zero-order chi connectivity index (χ0) is 24.3. The summed E-state index contributed by atoms with van der Waals surface area (Å²) in [4.78, 5) is 45.8. The summed E-state index contributed by atoms with van der Waals surface area (Å²) in [6, 6.07) is 16.8. The third kappa shape index (κ3) is 4.60. The van der Waals surface area contributed by atoms with E-state index in [4.69, 9.17) is 16.3 Å². The van der Waals surface area contributed by atoms with Gasteiger partial charge in [0, 0.05) is 44.6 Å². The van der Waals surface area contributed by atoms with E-state index in [2.05, 4.69) is 4.90 Å². The number of piperazine rings is 1. The van der Waals surface area contributed by atoms with Crippen LogP contribution in [0.5, 0.6) is 0 Å². The second-order valence-electron chi connectivity index (χ2n) is 9.03. The van der Waals surface area contributed by atoms with E-state index in [1.54, 1.807) is 24.3 Å². The van der Waals surface area contributed by atoms with E-state index in [1.807, 2.05) is 42.3 Å². The molecule has 0 spiro atoms. The van der Waals surface area contributed by atoms with Crippen molar-refractivity contribution >= 4 is 29.3 Å². The number of imide groups is 1. The fraction of sp³-hybridized carbons (Fsp3) is 0.423. The van der Waals surface area contributed by atoms with E-state index >= 15 is 0 Å². The van der Waals surface area contributed by atoms with E-state index in [-0.39, 0.29) is 49.8 Å². The van der Waals surface area contributed by atoms with Crippen molar-refractivity contribution in [1.82, 2.24) is 14.7 Å². The molecule has 2 aliphatic heterocycles. The summed E-state index contributed by atoms with van der Waals surface area (Å²) in [5.74, 6) is -0.856. The van der Waals surface area contributed by atoms with Crippen LogP contribution in [0.15, 0.2) is 54.6 Å². The smallest absolute Gasteiger partial charge is 0.241 e. The van der Waals surface area contributed by atoms with Crippen molar-refractivity contribution in [2.45, 2.75) is 24.3 Å². The summed E-state index contributed by atoms with van der Waals surface area (Å²) in [7, 11) is 3.56. The number of nitrogens with zero attached hydrogens (tertiary/aromatic N) is 3. The van der Waals surface area contributed by atoms with Crippen LogP contribution in [0.25, 0.3) is 0 Å². The molecule has 2 aromatic carbocycles. The third-order valence-electron chi connectivity index (χ3n) is 6.86. The number of benzene rings is 2. The Bertz CT molecular complexity index is 1060. The number of amides is 3. The predicted molar refractivity (Wildman–Crippen MR) is 129 cm³/mol. The minimum absolute atomic E-state index is 0.0885. The number of likely N-dealkylation sites (tertiary alicyclic amines) is 1.